The van der Waals surface area contributed by atoms with Crippen LogP contribution in [0.3, 0.4) is 0 Å². The average molecular weight is 489 g/mol. The van der Waals surface area contributed by atoms with Gasteiger partial charge in [0, 0.05) is 44.5 Å². The van der Waals surface area contributed by atoms with Crippen LogP contribution in [0.15, 0.2) is 24.3 Å². The summed E-state index contributed by atoms with van der Waals surface area (Å²) in [6.07, 6.45) is -2.70. The van der Waals surface area contributed by atoms with Gasteiger partial charge in [0.2, 0.25) is 11.8 Å². The molecule has 188 valence electrons. The van der Waals surface area contributed by atoms with Gasteiger partial charge in [-0.3, -0.25) is 14.5 Å². The summed E-state index contributed by atoms with van der Waals surface area (Å²) in [4.78, 5) is 40.1. The van der Waals surface area contributed by atoms with E-state index in [1.54, 1.807) is 17.0 Å². The Bertz CT molecular complexity index is 922. The third-order valence-corrected chi connectivity index (χ3v) is 6.51. The minimum absolute atomic E-state index is 0.0390. The summed E-state index contributed by atoms with van der Waals surface area (Å²) in [6, 6.07) is 6.17. The fourth-order valence-corrected chi connectivity index (χ4v) is 4.53. The second-order valence-electron chi connectivity index (χ2n) is 8.74. The zero-order chi connectivity index (χ0) is 25.1. The summed E-state index contributed by atoms with van der Waals surface area (Å²) in [5.41, 5.74) is 0.308. The number of carboxylic acids is 1. The van der Waals surface area contributed by atoms with E-state index in [9.17, 15) is 27.2 Å². The number of rotatable bonds is 2. The van der Waals surface area contributed by atoms with Gasteiger partial charge >= 0.3 is 12.1 Å². The molecular formula is C22H27F4N3O5. The zero-order valence-corrected chi connectivity index (χ0v) is 18.7. The van der Waals surface area contributed by atoms with Crippen molar-refractivity contribution in [3.05, 3.63) is 30.1 Å². The molecule has 1 spiro atoms. The van der Waals surface area contributed by atoms with E-state index in [1.165, 1.54) is 12.1 Å². The smallest absolute Gasteiger partial charge is 0.475 e. The van der Waals surface area contributed by atoms with Crippen LogP contribution < -0.4 is 4.90 Å². The minimum atomic E-state index is -5.08. The van der Waals surface area contributed by atoms with Crippen LogP contribution >= 0.6 is 0 Å². The summed E-state index contributed by atoms with van der Waals surface area (Å²) < 4.78 is 50.8. The minimum Gasteiger partial charge on any atom is -0.475 e. The van der Waals surface area contributed by atoms with Gasteiger partial charge in [-0.05, 0) is 44.5 Å². The molecule has 2 amide bonds. The number of anilines is 1. The number of aliphatic carboxylic acids is 1. The van der Waals surface area contributed by atoms with Crippen LogP contribution in [0.1, 0.15) is 19.3 Å². The number of halogens is 4. The summed E-state index contributed by atoms with van der Waals surface area (Å²) >= 11 is 0. The number of carboxylic acid groups (broad SMARTS) is 1. The normalized spacial score (nSPS) is 24.2. The average Bonchev–Trinajstić information content (AvgIpc) is 3.21. The molecule has 1 aromatic rings. The highest BCUT2D eigenvalue weighted by molar-refractivity contribution is 5.96. The number of amides is 2. The number of carbonyl (C=O) groups excluding carboxylic acids is 2. The Morgan fingerprint density at radius 2 is 1.82 bits per heavy atom. The fraction of sp³-hybridized carbons (Fsp3) is 0.591. The van der Waals surface area contributed by atoms with Crippen molar-refractivity contribution in [3.8, 4) is 0 Å². The van der Waals surface area contributed by atoms with Gasteiger partial charge in [0.25, 0.3) is 0 Å². The van der Waals surface area contributed by atoms with Crippen molar-refractivity contribution < 1.29 is 41.8 Å². The Morgan fingerprint density at radius 3 is 2.41 bits per heavy atom. The molecule has 0 radical (unpaired) electrons. The quantitative estimate of drug-likeness (QED) is 0.641. The highest BCUT2D eigenvalue weighted by Gasteiger charge is 2.49. The van der Waals surface area contributed by atoms with Crippen molar-refractivity contribution >= 4 is 23.5 Å². The molecule has 0 saturated carbocycles. The van der Waals surface area contributed by atoms with Crippen LogP contribution in [-0.4, -0.2) is 90.8 Å². The molecule has 3 fully saturated rings. The third kappa shape index (κ3) is 5.84. The number of likely N-dealkylation sites (N-methyl/N-ethyl adjacent to an activating group) is 1. The molecule has 3 saturated heterocycles. The van der Waals surface area contributed by atoms with E-state index < -0.39 is 12.1 Å². The molecule has 0 aliphatic carbocycles. The highest BCUT2D eigenvalue weighted by atomic mass is 19.4. The lowest BCUT2D eigenvalue weighted by Gasteiger charge is -2.46. The number of hydrogen-bond acceptors (Lipinski definition) is 5. The van der Waals surface area contributed by atoms with Gasteiger partial charge < -0.3 is 19.6 Å². The molecule has 4 rings (SSSR count). The summed E-state index contributed by atoms with van der Waals surface area (Å²) in [5, 5.41) is 7.12. The number of carbonyl (C=O) groups is 3. The zero-order valence-electron chi connectivity index (χ0n) is 18.7. The fourth-order valence-electron chi connectivity index (χ4n) is 4.53. The molecular weight excluding hydrogens is 462 g/mol. The van der Waals surface area contributed by atoms with Crippen LogP contribution in [0.4, 0.5) is 23.2 Å². The van der Waals surface area contributed by atoms with E-state index in [0.717, 1.165) is 19.3 Å². The first kappa shape index (κ1) is 25.9. The molecule has 1 aromatic carbocycles. The van der Waals surface area contributed by atoms with Crippen molar-refractivity contribution in [2.75, 3.05) is 51.3 Å². The first-order valence-electron chi connectivity index (χ1n) is 10.9. The van der Waals surface area contributed by atoms with Gasteiger partial charge in [-0.25, -0.2) is 9.18 Å². The molecule has 3 heterocycles. The largest absolute Gasteiger partial charge is 0.490 e. The number of benzene rings is 1. The summed E-state index contributed by atoms with van der Waals surface area (Å²) in [7, 11) is 1.95. The van der Waals surface area contributed by atoms with Crippen molar-refractivity contribution in [3.63, 3.8) is 0 Å². The molecule has 34 heavy (non-hydrogen) atoms. The van der Waals surface area contributed by atoms with E-state index in [-0.39, 0.29) is 35.6 Å². The predicted octanol–water partition coefficient (Wildman–Crippen LogP) is 2.14. The van der Waals surface area contributed by atoms with Gasteiger partial charge in [0.05, 0.1) is 12.1 Å². The van der Waals surface area contributed by atoms with Crippen LogP contribution in [0.2, 0.25) is 0 Å². The maximum atomic E-state index is 13.7. The second-order valence-corrected chi connectivity index (χ2v) is 8.74. The Hall–Kier alpha value is -2.73. The van der Waals surface area contributed by atoms with Crippen LogP contribution in [0.25, 0.3) is 0 Å². The summed E-state index contributed by atoms with van der Waals surface area (Å²) in [5.74, 6) is -2.90. The first-order valence-corrected chi connectivity index (χ1v) is 10.9. The van der Waals surface area contributed by atoms with Gasteiger partial charge in [0.1, 0.15) is 5.82 Å². The van der Waals surface area contributed by atoms with Gasteiger partial charge in [0.15, 0.2) is 0 Å². The molecule has 3 aliphatic rings. The number of likely N-dealkylation sites (tertiary alicyclic amines) is 1. The number of alkyl halides is 3. The molecule has 1 atom stereocenters. The van der Waals surface area contributed by atoms with Gasteiger partial charge in [-0.2, -0.15) is 13.2 Å². The lowest BCUT2D eigenvalue weighted by Crippen LogP contribution is -2.64. The maximum Gasteiger partial charge on any atom is 0.490 e. The molecule has 1 unspecified atom stereocenters. The van der Waals surface area contributed by atoms with Gasteiger partial charge in [-0.1, -0.05) is 6.07 Å². The monoisotopic (exact) mass is 489 g/mol. The van der Waals surface area contributed by atoms with Crippen molar-refractivity contribution in [2.45, 2.75) is 31.0 Å². The molecule has 0 bridgehead atoms. The van der Waals surface area contributed by atoms with E-state index in [2.05, 4.69) is 4.90 Å². The molecule has 0 aromatic heterocycles. The van der Waals surface area contributed by atoms with Crippen LogP contribution in [0.5, 0.6) is 0 Å². The predicted molar refractivity (Wildman–Crippen MR) is 113 cm³/mol. The molecule has 1 N–H and O–H groups in total. The standard InChI is InChI=1S/C20H26FN3O3.C2HF3O2/c1-22-12-18(25)24(17-4-2-3-16(21)11-17)14-20(22)7-8-23(13-20)19(26)15-5-9-27-10-6-15;3-2(4,5)1(6)7/h2-4,11,15H,5-10,12-14H2,1H3;(H,6,7). The molecule has 3 aliphatic heterocycles. The van der Waals surface area contributed by atoms with Gasteiger partial charge in [-0.15, -0.1) is 0 Å². The van der Waals surface area contributed by atoms with E-state index in [0.29, 0.717) is 38.5 Å². The number of nitrogens with zero attached hydrogens (tertiary/aromatic N) is 3. The number of ether oxygens (including phenoxy) is 1. The Morgan fingerprint density at radius 1 is 1.18 bits per heavy atom. The van der Waals surface area contributed by atoms with Crippen LogP contribution in [-0.2, 0) is 19.1 Å². The van der Waals surface area contributed by atoms with Crippen molar-refractivity contribution in [1.82, 2.24) is 9.80 Å². The first-order chi connectivity index (χ1) is 15.9. The lowest BCUT2D eigenvalue weighted by atomic mass is 9.92. The molecule has 8 nitrogen and oxygen atoms in total. The van der Waals surface area contributed by atoms with Crippen LogP contribution in [0, 0.1) is 11.7 Å². The van der Waals surface area contributed by atoms with Crippen molar-refractivity contribution in [2.24, 2.45) is 5.92 Å². The van der Waals surface area contributed by atoms with Crippen molar-refractivity contribution in [1.29, 1.82) is 0 Å². The lowest BCUT2D eigenvalue weighted by molar-refractivity contribution is -0.192. The maximum absolute atomic E-state index is 13.7. The van der Waals surface area contributed by atoms with E-state index in [4.69, 9.17) is 14.6 Å². The Kier molecular flexibility index (Phi) is 7.81. The van der Waals surface area contributed by atoms with E-state index >= 15 is 0 Å². The Balaban J connectivity index is 0.000000406. The third-order valence-electron chi connectivity index (χ3n) is 6.51. The number of piperazine rings is 1. The summed E-state index contributed by atoms with van der Waals surface area (Å²) in [6.45, 7) is 3.36. The topological polar surface area (TPSA) is 90.4 Å². The SMILES string of the molecule is CN1CC(=O)N(c2cccc(F)c2)CC12CCN(C(=O)C1CCOCC1)C2.O=C(O)C(F)(F)F. The molecule has 12 heteroatoms. The highest BCUT2D eigenvalue weighted by Crippen LogP contribution is 2.34. The second kappa shape index (κ2) is 10.3. The number of hydrogen-bond donors (Lipinski definition) is 1. The Labute approximate surface area is 194 Å². The van der Waals surface area contributed by atoms with E-state index in [1.807, 2.05) is 11.9 Å².